The van der Waals surface area contributed by atoms with Gasteiger partial charge in [0, 0.05) is 32.7 Å². The first-order chi connectivity index (χ1) is 11.9. The number of ether oxygens (including phenoxy) is 2. The monoisotopic (exact) mass is 388 g/mol. The first-order valence-electron chi connectivity index (χ1n) is 8.62. The number of carbonyl (C=O) groups is 2. The number of isothiocyanates is 1. The highest BCUT2D eigenvalue weighted by molar-refractivity contribution is 7.78. The minimum absolute atomic E-state index is 0.419. The summed E-state index contributed by atoms with van der Waals surface area (Å²) in [5, 5.41) is 7.74. The molecule has 0 bridgehead atoms. The van der Waals surface area contributed by atoms with Gasteiger partial charge in [-0.05, 0) is 53.8 Å². The predicted octanol–water partition coefficient (Wildman–Crippen LogP) is 2.44. The van der Waals surface area contributed by atoms with E-state index in [2.05, 4.69) is 33.0 Å². The SMILES string of the molecule is CC(C)(C)OC(=O)NCCN(CCN=C=S)CCNC(=O)OC(C)(C)C. The Morgan fingerprint density at radius 1 is 0.923 bits per heavy atom. The molecular formula is C17H32N4O4S. The van der Waals surface area contributed by atoms with Gasteiger partial charge < -0.3 is 20.1 Å². The number of alkyl carbamates (subject to hydrolysis) is 2. The van der Waals surface area contributed by atoms with Gasteiger partial charge in [0.05, 0.1) is 11.7 Å². The molecule has 0 spiro atoms. The summed E-state index contributed by atoms with van der Waals surface area (Å²) in [7, 11) is 0. The Hall–Kier alpha value is -1.70. The molecule has 0 radical (unpaired) electrons. The highest BCUT2D eigenvalue weighted by atomic mass is 32.1. The Balaban J connectivity index is 4.29. The van der Waals surface area contributed by atoms with Crippen LogP contribution in [0.15, 0.2) is 4.99 Å². The van der Waals surface area contributed by atoms with Crippen LogP contribution in [0.25, 0.3) is 0 Å². The van der Waals surface area contributed by atoms with Crippen LogP contribution in [-0.2, 0) is 9.47 Å². The average molecular weight is 389 g/mol. The van der Waals surface area contributed by atoms with Crippen molar-refractivity contribution in [2.45, 2.75) is 52.7 Å². The predicted molar refractivity (Wildman–Crippen MR) is 105 cm³/mol. The van der Waals surface area contributed by atoms with Gasteiger partial charge in [0.2, 0.25) is 0 Å². The molecule has 0 unspecified atom stereocenters. The number of amides is 2. The summed E-state index contributed by atoms with van der Waals surface area (Å²) in [5.41, 5.74) is -1.07. The van der Waals surface area contributed by atoms with Crippen molar-refractivity contribution >= 4 is 29.6 Å². The van der Waals surface area contributed by atoms with E-state index in [0.717, 1.165) is 0 Å². The smallest absolute Gasteiger partial charge is 0.407 e. The maximum Gasteiger partial charge on any atom is 0.407 e. The third kappa shape index (κ3) is 15.8. The van der Waals surface area contributed by atoms with Crippen LogP contribution >= 0.6 is 12.2 Å². The fraction of sp³-hybridized carbons (Fsp3) is 0.824. The third-order valence-corrected chi connectivity index (χ3v) is 2.91. The third-order valence-electron chi connectivity index (χ3n) is 2.79. The van der Waals surface area contributed by atoms with E-state index in [4.69, 9.17) is 9.47 Å². The summed E-state index contributed by atoms with van der Waals surface area (Å²) >= 11 is 4.57. The van der Waals surface area contributed by atoms with Crippen LogP contribution < -0.4 is 10.6 Å². The quantitative estimate of drug-likeness (QED) is 0.466. The van der Waals surface area contributed by atoms with Crippen molar-refractivity contribution in [3.05, 3.63) is 0 Å². The van der Waals surface area contributed by atoms with Crippen LogP contribution in [0.5, 0.6) is 0 Å². The molecule has 0 aromatic rings. The van der Waals surface area contributed by atoms with E-state index in [-0.39, 0.29) is 0 Å². The molecule has 0 rings (SSSR count). The number of nitrogens with zero attached hydrogens (tertiary/aromatic N) is 2. The standard InChI is InChI=1S/C17H32N4O4S/c1-16(2,3)24-14(22)19-8-11-21(10-7-18-13-26)12-9-20-15(23)25-17(4,5)6/h7-12H2,1-6H3,(H,19,22)(H,20,23). The normalized spacial score (nSPS) is 11.5. The van der Waals surface area contributed by atoms with E-state index in [9.17, 15) is 9.59 Å². The highest BCUT2D eigenvalue weighted by Gasteiger charge is 2.17. The maximum atomic E-state index is 11.7. The van der Waals surface area contributed by atoms with E-state index in [1.165, 1.54) is 0 Å². The van der Waals surface area contributed by atoms with Gasteiger partial charge in [-0.3, -0.25) is 4.90 Å². The second kappa shape index (κ2) is 11.8. The van der Waals surface area contributed by atoms with E-state index in [1.54, 1.807) is 0 Å². The highest BCUT2D eigenvalue weighted by Crippen LogP contribution is 2.07. The first-order valence-corrected chi connectivity index (χ1v) is 9.03. The zero-order valence-corrected chi connectivity index (χ0v) is 17.5. The molecule has 0 atom stereocenters. The van der Waals surface area contributed by atoms with Gasteiger partial charge in [-0.1, -0.05) is 0 Å². The molecule has 0 saturated heterocycles. The number of nitrogens with one attached hydrogen (secondary N) is 2. The molecule has 150 valence electrons. The molecule has 0 heterocycles. The maximum absolute atomic E-state index is 11.7. The summed E-state index contributed by atoms with van der Waals surface area (Å²) < 4.78 is 10.4. The minimum Gasteiger partial charge on any atom is -0.444 e. The van der Waals surface area contributed by atoms with Gasteiger partial charge in [0.15, 0.2) is 0 Å². The van der Waals surface area contributed by atoms with Crippen LogP contribution in [0.3, 0.4) is 0 Å². The van der Waals surface area contributed by atoms with E-state index >= 15 is 0 Å². The van der Waals surface area contributed by atoms with Crippen molar-refractivity contribution < 1.29 is 19.1 Å². The minimum atomic E-state index is -0.533. The fourth-order valence-electron chi connectivity index (χ4n) is 1.83. The first kappa shape index (κ1) is 24.3. The van der Waals surface area contributed by atoms with Crippen LogP contribution in [0, 0.1) is 0 Å². The van der Waals surface area contributed by atoms with Crippen LogP contribution in [-0.4, -0.2) is 72.7 Å². The van der Waals surface area contributed by atoms with Crippen molar-refractivity contribution in [3.8, 4) is 0 Å². The van der Waals surface area contributed by atoms with Crippen LogP contribution in [0.1, 0.15) is 41.5 Å². The lowest BCUT2D eigenvalue weighted by molar-refractivity contribution is 0.0520. The van der Waals surface area contributed by atoms with Gasteiger partial charge in [-0.15, -0.1) is 0 Å². The molecule has 8 nitrogen and oxygen atoms in total. The molecule has 0 saturated carbocycles. The summed E-state index contributed by atoms with van der Waals surface area (Å²) in [6.45, 7) is 14.0. The lowest BCUT2D eigenvalue weighted by Gasteiger charge is -2.24. The average Bonchev–Trinajstić information content (AvgIpc) is 2.43. The van der Waals surface area contributed by atoms with Crippen molar-refractivity contribution in [1.29, 1.82) is 0 Å². The Bertz CT molecular complexity index is 460. The summed E-state index contributed by atoms with van der Waals surface area (Å²) in [6, 6.07) is 0. The molecule has 2 N–H and O–H groups in total. The molecular weight excluding hydrogens is 356 g/mol. The second-order valence-electron chi connectivity index (χ2n) is 7.67. The zero-order chi connectivity index (χ0) is 20.2. The lowest BCUT2D eigenvalue weighted by atomic mass is 10.2. The largest absolute Gasteiger partial charge is 0.444 e. The van der Waals surface area contributed by atoms with Crippen LogP contribution in [0.2, 0.25) is 0 Å². The van der Waals surface area contributed by atoms with Crippen LogP contribution in [0.4, 0.5) is 9.59 Å². The van der Waals surface area contributed by atoms with Gasteiger partial charge in [-0.25, -0.2) is 14.6 Å². The van der Waals surface area contributed by atoms with E-state index < -0.39 is 23.4 Å². The number of thiocarbonyl (C=S) groups is 1. The number of hydrogen-bond donors (Lipinski definition) is 2. The Morgan fingerprint density at radius 2 is 1.35 bits per heavy atom. The van der Waals surface area contributed by atoms with Crippen molar-refractivity contribution in [1.82, 2.24) is 15.5 Å². The number of carbonyl (C=O) groups excluding carboxylic acids is 2. The molecule has 0 aliphatic carbocycles. The number of rotatable bonds is 9. The molecule has 0 aromatic heterocycles. The molecule has 26 heavy (non-hydrogen) atoms. The van der Waals surface area contributed by atoms with Gasteiger partial charge in [-0.2, -0.15) is 0 Å². The van der Waals surface area contributed by atoms with Crippen molar-refractivity contribution in [2.75, 3.05) is 39.3 Å². The number of aliphatic imine (C=N–C) groups is 1. The molecule has 0 aliphatic heterocycles. The van der Waals surface area contributed by atoms with Crippen molar-refractivity contribution in [3.63, 3.8) is 0 Å². The summed E-state index contributed by atoms with van der Waals surface area (Å²) in [6.07, 6.45) is -0.914. The topological polar surface area (TPSA) is 92.3 Å². The van der Waals surface area contributed by atoms with Gasteiger partial charge >= 0.3 is 12.2 Å². The van der Waals surface area contributed by atoms with Crippen molar-refractivity contribution in [2.24, 2.45) is 4.99 Å². The lowest BCUT2D eigenvalue weighted by Crippen LogP contribution is -2.42. The fourth-order valence-corrected chi connectivity index (χ4v) is 1.92. The summed E-state index contributed by atoms with van der Waals surface area (Å²) in [5.74, 6) is 0. The molecule has 0 aromatic carbocycles. The summed E-state index contributed by atoms with van der Waals surface area (Å²) in [4.78, 5) is 29.3. The number of hydrogen-bond acceptors (Lipinski definition) is 7. The molecule has 0 fully saturated rings. The second-order valence-corrected chi connectivity index (χ2v) is 7.85. The van der Waals surface area contributed by atoms with E-state index in [1.807, 2.05) is 46.4 Å². The zero-order valence-electron chi connectivity index (χ0n) is 16.7. The Morgan fingerprint density at radius 3 is 1.69 bits per heavy atom. The molecule has 0 aliphatic rings. The van der Waals surface area contributed by atoms with Gasteiger partial charge in [0.1, 0.15) is 11.2 Å². The molecule has 2 amide bonds. The Labute approximate surface area is 161 Å². The molecule has 9 heteroatoms. The van der Waals surface area contributed by atoms with E-state index in [0.29, 0.717) is 39.3 Å². The van der Waals surface area contributed by atoms with Gasteiger partial charge in [0.25, 0.3) is 0 Å². The Kier molecular flexibility index (Phi) is 11.1.